The zero-order chi connectivity index (χ0) is 13.7. The van der Waals surface area contributed by atoms with Gasteiger partial charge < -0.3 is 4.74 Å². The molecule has 0 aromatic carbocycles. The number of hydrogen-bond donors (Lipinski definition) is 0. The standard InChI is InChI=1S/C17H24O2/c1-4-16-6-13-5-14(7-16)9-17(8-13,11-16)15(18)19-10-12(2)3/h1,12-14H,5-11H2,2-3H3. The van der Waals surface area contributed by atoms with E-state index >= 15 is 0 Å². The molecule has 2 unspecified atom stereocenters. The minimum atomic E-state index is -0.245. The Hall–Kier alpha value is -0.970. The van der Waals surface area contributed by atoms with E-state index in [1.807, 2.05) is 0 Å². The first-order valence-electron chi connectivity index (χ1n) is 7.62. The van der Waals surface area contributed by atoms with Crippen LogP contribution in [0.15, 0.2) is 0 Å². The number of terminal acetylenes is 1. The highest BCUT2D eigenvalue weighted by molar-refractivity contribution is 5.78. The molecule has 0 amide bonds. The molecule has 0 radical (unpaired) electrons. The number of rotatable bonds is 3. The van der Waals surface area contributed by atoms with Crippen LogP contribution in [0.3, 0.4) is 0 Å². The van der Waals surface area contributed by atoms with Crippen molar-refractivity contribution in [3.05, 3.63) is 0 Å². The molecule has 2 heteroatoms. The maximum atomic E-state index is 12.6. The predicted molar refractivity (Wildman–Crippen MR) is 74.2 cm³/mol. The molecule has 0 spiro atoms. The minimum absolute atomic E-state index is 0.000927. The Morgan fingerprint density at radius 2 is 1.95 bits per heavy atom. The van der Waals surface area contributed by atoms with Gasteiger partial charge in [0.15, 0.2) is 0 Å². The van der Waals surface area contributed by atoms with Crippen molar-refractivity contribution in [3.63, 3.8) is 0 Å². The van der Waals surface area contributed by atoms with Gasteiger partial charge in [0.05, 0.1) is 12.0 Å². The first kappa shape index (κ1) is 13.0. The molecular weight excluding hydrogens is 236 g/mol. The van der Waals surface area contributed by atoms with Gasteiger partial charge in [-0.2, -0.15) is 0 Å². The van der Waals surface area contributed by atoms with Crippen molar-refractivity contribution in [1.29, 1.82) is 0 Å². The number of hydrogen-bond acceptors (Lipinski definition) is 2. The third-order valence-electron chi connectivity index (χ3n) is 5.35. The van der Waals surface area contributed by atoms with E-state index in [1.165, 1.54) is 6.42 Å². The Labute approximate surface area is 116 Å². The van der Waals surface area contributed by atoms with Gasteiger partial charge in [-0.1, -0.05) is 19.8 Å². The van der Waals surface area contributed by atoms with Gasteiger partial charge in [0.25, 0.3) is 0 Å². The van der Waals surface area contributed by atoms with Crippen molar-refractivity contribution in [1.82, 2.24) is 0 Å². The fourth-order valence-corrected chi connectivity index (χ4v) is 5.07. The second-order valence-electron chi connectivity index (χ2n) is 7.66. The van der Waals surface area contributed by atoms with E-state index in [2.05, 4.69) is 19.8 Å². The smallest absolute Gasteiger partial charge is 0.312 e. The average Bonchev–Trinajstić information content (AvgIpc) is 2.34. The van der Waals surface area contributed by atoms with E-state index < -0.39 is 0 Å². The highest BCUT2D eigenvalue weighted by atomic mass is 16.5. The lowest BCUT2D eigenvalue weighted by Gasteiger charge is -2.59. The van der Waals surface area contributed by atoms with E-state index in [9.17, 15) is 4.79 Å². The third-order valence-corrected chi connectivity index (χ3v) is 5.35. The highest BCUT2D eigenvalue weighted by Crippen LogP contribution is 2.65. The molecule has 0 N–H and O–H groups in total. The highest BCUT2D eigenvalue weighted by Gasteiger charge is 2.60. The molecule has 2 nitrogen and oxygen atoms in total. The maximum absolute atomic E-state index is 12.6. The monoisotopic (exact) mass is 260 g/mol. The lowest BCUT2D eigenvalue weighted by Crippen LogP contribution is -2.55. The third kappa shape index (κ3) is 2.08. The first-order chi connectivity index (χ1) is 8.97. The SMILES string of the molecule is C#CC12CC3CC(C1)CC(C(=O)OCC(C)C)(C3)C2. The van der Waals surface area contributed by atoms with Crippen molar-refractivity contribution in [2.75, 3.05) is 6.61 Å². The molecule has 0 heterocycles. The van der Waals surface area contributed by atoms with E-state index in [0.29, 0.717) is 24.4 Å². The molecule has 4 bridgehead atoms. The Balaban J connectivity index is 1.81. The molecule has 4 rings (SSSR count). The van der Waals surface area contributed by atoms with Gasteiger partial charge in [-0.15, -0.1) is 6.42 Å². The lowest BCUT2D eigenvalue weighted by atomic mass is 9.44. The summed E-state index contributed by atoms with van der Waals surface area (Å²) < 4.78 is 5.57. The Bertz CT molecular complexity index is 415. The second-order valence-corrected chi connectivity index (χ2v) is 7.66. The molecule has 104 valence electrons. The van der Waals surface area contributed by atoms with E-state index in [0.717, 1.165) is 32.1 Å². The molecule has 0 aromatic heterocycles. The Kier molecular flexibility index (Phi) is 2.93. The fourth-order valence-electron chi connectivity index (χ4n) is 5.07. The number of esters is 1. The summed E-state index contributed by atoms with van der Waals surface area (Å²) in [5.74, 6) is 4.80. The molecule has 0 aromatic rings. The summed E-state index contributed by atoms with van der Waals surface area (Å²) in [7, 11) is 0. The fraction of sp³-hybridized carbons (Fsp3) is 0.824. The van der Waals surface area contributed by atoms with Crippen LogP contribution in [0.25, 0.3) is 0 Å². The summed E-state index contributed by atoms with van der Waals surface area (Å²) in [6.45, 7) is 4.70. The molecule has 4 saturated carbocycles. The number of carbonyl (C=O) groups excluding carboxylic acids is 1. The van der Waals surface area contributed by atoms with Crippen molar-refractivity contribution in [3.8, 4) is 12.3 Å². The molecule has 2 atom stereocenters. The van der Waals surface area contributed by atoms with Crippen molar-refractivity contribution >= 4 is 5.97 Å². The average molecular weight is 260 g/mol. The summed E-state index contributed by atoms with van der Waals surface area (Å²) in [5.41, 5.74) is -0.244. The summed E-state index contributed by atoms with van der Waals surface area (Å²) in [6, 6.07) is 0. The van der Waals surface area contributed by atoms with Crippen LogP contribution in [0.2, 0.25) is 0 Å². The summed E-state index contributed by atoms with van der Waals surface area (Å²) in [6.07, 6.45) is 12.3. The summed E-state index contributed by atoms with van der Waals surface area (Å²) in [4.78, 5) is 12.6. The largest absolute Gasteiger partial charge is 0.465 e. The molecule has 0 saturated heterocycles. The van der Waals surface area contributed by atoms with Crippen molar-refractivity contribution in [2.45, 2.75) is 52.4 Å². The molecular formula is C17H24O2. The lowest BCUT2D eigenvalue weighted by molar-refractivity contribution is -0.177. The topological polar surface area (TPSA) is 26.3 Å². The van der Waals surface area contributed by atoms with E-state index in [4.69, 9.17) is 11.2 Å². The van der Waals surface area contributed by atoms with Gasteiger partial charge in [0.2, 0.25) is 0 Å². The molecule has 4 aliphatic rings. The maximum Gasteiger partial charge on any atom is 0.312 e. The normalized spacial score (nSPS) is 43.3. The summed E-state index contributed by atoms with van der Waals surface area (Å²) >= 11 is 0. The molecule has 0 aliphatic heterocycles. The van der Waals surface area contributed by atoms with Gasteiger partial charge >= 0.3 is 5.97 Å². The quantitative estimate of drug-likeness (QED) is 0.574. The van der Waals surface area contributed by atoms with Crippen LogP contribution in [0.4, 0.5) is 0 Å². The molecule has 19 heavy (non-hydrogen) atoms. The number of carbonyl (C=O) groups is 1. The van der Waals surface area contributed by atoms with E-state index in [-0.39, 0.29) is 16.8 Å². The second kappa shape index (κ2) is 4.27. The van der Waals surface area contributed by atoms with Crippen LogP contribution in [0, 0.1) is 40.9 Å². The van der Waals surface area contributed by atoms with Gasteiger partial charge in [-0.05, 0) is 56.3 Å². The van der Waals surface area contributed by atoms with Crippen LogP contribution >= 0.6 is 0 Å². The van der Waals surface area contributed by atoms with Gasteiger partial charge in [-0.3, -0.25) is 4.79 Å². The van der Waals surface area contributed by atoms with Gasteiger partial charge in [0, 0.05) is 5.41 Å². The van der Waals surface area contributed by atoms with Crippen LogP contribution in [-0.2, 0) is 9.53 Å². The van der Waals surface area contributed by atoms with Gasteiger partial charge in [-0.25, -0.2) is 0 Å². The first-order valence-corrected chi connectivity index (χ1v) is 7.62. The number of ether oxygens (including phenoxy) is 1. The predicted octanol–water partition coefficient (Wildman–Crippen LogP) is 3.41. The van der Waals surface area contributed by atoms with Crippen LogP contribution in [0.5, 0.6) is 0 Å². The van der Waals surface area contributed by atoms with Crippen LogP contribution < -0.4 is 0 Å². The van der Waals surface area contributed by atoms with Crippen molar-refractivity contribution in [2.24, 2.45) is 28.6 Å². The van der Waals surface area contributed by atoms with E-state index in [1.54, 1.807) is 0 Å². The molecule has 4 aliphatic carbocycles. The minimum Gasteiger partial charge on any atom is -0.465 e. The van der Waals surface area contributed by atoms with Crippen LogP contribution in [-0.4, -0.2) is 12.6 Å². The zero-order valence-corrected chi connectivity index (χ0v) is 12.1. The molecule has 4 fully saturated rings. The Morgan fingerprint density at radius 1 is 1.32 bits per heavy atom. The Morgan fingerprint density at radius 3 is 2.47 bits per heavy atom. The zero-order valence-electron chi connectivity index (χ0n) is 12.1. The van der Waals surface area contributed by atoms with Crippen LogP contribution in [0.1, 0.15) is 52.4 Å². The summed E-state index contributed by atoms with van der Waals surface area (Å²) in [5, 5.41) is 0. The van der Waals surface area contributed by atoms with Crippen molar-refractivity contribution < 1.29 is 9.53 Å². The van der Waals surface area contributed by atoms with Gasteiger partial charge in [0.1, 0.15) is 0 Å².